The highest BCUT2D eigenvalue weighted by Gasteiger charge is 2.31. The molecule has 5 heteroatoms. The molecule has 110 valence electrons. The lowest BCUT2D eigenvalue weighted by atomic mass is 9.84. The van der Waals surface area contributed by atoms with Gasteiger partial charge >= 0.3 is 12.0 Å². The van der Waals surface area contributed by atoms with Crippen molar-refractivity contribution in [1.82, 2.24) is 10.2 Å². The third-order valence-corrected chi connectivity index (χ3v) is 4.24. The quantitative estimate of drug-likeness (QED) is 0.806. The molecule has 0 bridgehead atoms. The molecule has 0 aromatic rings. The van der Waals surface area contributed by atoms with E-state index < -0.39 is 12.0 Å². The topological polar surface area (TPSA) is 69.6 Å². The van der Waals surface area contributed by atoms with Crippen LogP contribution in [-0.4, -0.2) is 41.1 Å². The fraction of sp³-hybridized carbons (Fsp3) is 0.857. The summed E-state index contributed by atoms with van der Waals surface area (Å²) in [6.45, 7) is 3.96. The summed E-state index contributed by atoms with van der Waals surface area (Å²) >= 11 is 0. The summed E-state index contributed by atoms with van der Waals surface area (Å²) in [5, 5.41) is 12.0. The Morgan fingerprint density at radius 1 is 1.32 bits per heavy atom. The SMILES string of the molecule is CCC(C)N(C)C(=O)NC(C(=O)O)C1CCCCC1. The van der Waals surface area contributed by atoms with E-state index in [0.717, 1.165) is 32.1 Å². The number of carboxylic acids is 1. The zero-order valence-corrected chi connectivity index (χ0v) is 12.2. The van der Waals surface area contributed by atoms with E-state index in [1.54, 1.807) is 11.9 Å². The summed E-state index contributed by atoms with van der Waals surface area (Å²) in [7, 11) is 1.71. The second-order valence-electron chi connectivity index (χ2n) is 5.53. The predicted molar refractivity (Wildman–Crippen MR) is 74.0 cm³/mol. The minimum atomic E-state index is -0.919. The van der Waals surface area contributed by atoms with Crippen molar-refractivity contribution in [2.24, 2.45) is 5.92 Å². The van der Waals surface area contributed by atoms with E-state index in [1.807, 2.05) is 13.8 Å². The van der Waals surface area contributed by atoms with Crippen LogP contribution in [-0.2, 0) is 4.79 Å². The molecule has 0 spiro atoms. The van der Waals surface area contributed by atoms with Crippen LogP contribution in [0.2, 0.25) is 0 Å². The lowest BCUT2D eigenvalue weighted by molar-refractivity contribution is -0.141. The number of hydrogen-bond donors (Lipinski definition) is 2. The van der Waals surface area contributed by atoms with Gasteiger partial charge in [0.25, 0.3) is 0 Å². The van der Waals surface area contributed by atoms with Crippen LogP contribution in [0.5, 0.6) is 0 Å². The predicted octanol–water partition coefficient (Wildman–Crippen LogP) is 2.46. The summed E-state index contributed by atoms with van der Waals surface area (Å²) in [4.78, 5) is 25.0. The van der Waals surface area contributed by atoms with Crippen LogP contribution in [0.25, 0.3) is 0 Å². The monoisotopic (exact) mass is 270 g/mol. The smallest absolute Gasteiger partial charge is 0.326 e. The van der Waals surface area contributed by atoms with Crippen LogP contribution in [0.3, 0.4) is 0 Å². The molecule has 0 saturated heterocycles. The van der Waals surface area contributed by atoms with Gasteiger partial charge in [-0.2, -0.15) is 0 Å². The molecule has 5 nitrogen and oxygen atoms in total. The zero-order valence-electron chi connectivity index (χ0n) is 12.2. The first-order valence-corrected chi connectivity index (χ1v) is 7.23. The standard InChI is InChI=1S/C14H26N2O3/c1-4-10(2)16(3)14(19)15-12(13(17)18)11-8-6-5-7-9-11/h10-12H,4-9H2,1-3H3,(H,15,19)(H,17,18). The normalized spacial score (nSPS) is 19.5. The lowest BCUT2D eigenvalue weighted by Gasteiger charge is -2.31. The Morgan fingerprint density at radius 2 is 1.89 bits per heavy atom. The van der Waals surface area contributed by atoms with Crippen LogP contribution >= 0.6 is 0 Å². The van der Waals surface area contributed by atoms with Crippen LogP contribution in [0, 0.1) is 5.92 Å². The number of carboxylic acid groups (broad SMARTS) is 1. The minimum absolute atomic E-state index is 0.0699. The first-order valence-electron chi connectivity index (χ1n) is 7.23. The number of aliphatic carboxylic acids is 1. The van der Waals surface area contributed by atoms with Crippen molar-refractivity contribution in [1.29, 1.82) is 0 Å². The molecule has 1 fully saturated rings. The number of urea groups is 1. The Bertz CT molecular complexity index is 314. The van der Waals surface area contributed by atoms with Crippen LogP contribution < -0.4 is 5.32 Å². The van der Waals surface area contributed by atoms with Crippen LogP contribution in [0.15, 0.2) is 0 Å². The number of carbonyl (C=O) groups excluding carboxylic acids is 1. The van der Waals surface area contributed by atoms with Gasteiger partial charge in [0.1, 0.15) is 6.04 Å². The summed E-state index contributed by atoms with van der Waals surface area (Å²) in [6, 6.07) is -0.924. The van der Waals surface area contributed by atoms with E-state index in [-0.39, 0.29) is 18.0 Å². The molecule has 0 aromatic carbocycles. The summed E-state index contributed by atoms with van der Waals surface area (Å²) in [5.41, 5.74) is 0. The van der Waals surface area contributed by atoms with Crippen molar-refractivity contribution in [3.8, 4) is 0 Å². The van der Waals surface area contributed by atoms with Crippen molar-refractivity contribution in [3.63, 3.8) is 0 Å². The number of hydrogen-bond acceptors (Lipinski definition) is 2. The maximum atomic E-state index is 12.1. The molecule has 19 heavy (non-hydrogen) atoms. The maximum absolute atomic E-state index is 12.1. The average molecular weight is 270 g/mol. The number of nitrogens with one attached hydrogen (secondary N) is 1. The molecule has 0 aromatic heterocycles. The lowest BCUT2D eigenvalue weighted by Crippen LogP contribution is -2.52. The van der Waals surface area contributed by atoms with Crippen molar-refractivity contribution in [3.05, 3.63) is 0 Å². The van der Waals surface area contributed by atoms with Gasteiger partial charge in [0.2, 0.25) is 0 Å². The molecule has 2 amide bonds. The first kappa shape index (κ1) is 15.8. The van der Waals surface area contributed by atoms with Gasteiger partial charge in [-0.3, -0.25) is 0 Å². The Balaban J connectivity index is 2.62. The second-order valence-corrected chi connectivity index (χ2v) is 5.53. The van der Waals surface area contributed by atoms with Crippen molar-refractivity contribution >= 4 is 12.0 Å². The number of carbonyl (C=O) groups is 2. The molecule has 2 unspecified atom stereocenters. The summed E-state index contributed by atoms with van der Waals surface area (Å²) in [5.74, 6) is -0.849. The third kappa shape index (κ3) is 4.40. The van der Waals surface area contributed by atoms with E-state index in [4.69, 9.17) is 0 Å². The van der Waals surface area contributed by atoms with Gasteiger partial charge in [0, 0.05) is 13.1 Å². The van der Waals surface area contributed by atoms with Gasteiger partial charge in [-0.05, 0) is 32.1 Å². The van der Waals surface area contributed by atoms with E-state index in [1.165, 1.54) is 6.42 Å². The molecule has 0 radical (unpaired) electrons. The maximum Gasteiger partial charge on any atom is 0.326 e. The molecule has 1 rings (SSSR count). The van der Waals surface area contributed by atoms with Gasteiger partial charge < -0.3 is 15.3 Å². The third-order valence-electron chi connectivity index (χ3n) is 4.24. The molecule has 2 N–H and O–H groups in total. The van der Waals surface area contributed by atoms with E-state index >= 15 is 0 Å². The van der Waals surface area contributed by atoms with Gasteiger partial charge in [-0.25, -0.2) is 9.59 Å². The Morgan fingerprint density at radius 3 is 2.37 bits per heavy atom. The number of rotatable bonds is 5. The first-order chi connectivity index (χ1) is 8.97. The summed E-state index contributed by atoms with van der Waals surface area (Å²) < 4.78 is 0. The van der Waals surface area contributed by atoms with E-state index in [9.17, 15) is 14.7 Å². The van der Waals surface area contributed by atoms with E-state index in [2.05, 4.69) is 5.32 Å². The number of amides is 2. The van der Waals surface area contributed by atoms with Gasteiger partial charge in [-0.1, -0.05) is 26.2 Å². The van der Waals surface area contributed by atoms with Crippen LogP contribution in [0.1, 0.15) is 52.4 Å². The number of nitrogens with zero attached hydrogens (tertiary/aromatic N) is 1. The summed E-state index contributed by atoms with van der Waals surface area (Å²) in [6.07, 6.45) is 5.93. The van der Waals surface area contributed by atoms with Crippen molar-refractivity contribution < 1.29 is 14.7 Å². The van der Waals surface area contributed by atoms with Gasteiger partial charge in [0.05, 0.1) is 0 Å². The van der Waals surface area contributed by atoms with Gasteiger partial charge in [-0.15, -0.1) is 0 Å². The van der Waals surface area contributed by atoms with Crippen molar-refractivity contribution in [2.75, 3.05) is 7.05 Å². The molecule has 2 atom stereocenters. The Labute approximate surface area is 115 Å². The van der Waals surface area contributed by atoms with Crippen molar-refractivity contribution in [2.45, 2.75) is 64.5 Å². The molecular weight excluding hydrogens is 244 g/mol. The second kappa shape index (κ2) is 7.36. The fourth-order valence-corrected chi connectivity index (χ4v) is 2.56. The van der Waals surface area contributed by atoms with Crippen LogP contribution in [0.4, 0.5) is 4.79 Å². The molecular formula is C14H26N2O3. The highest BCUT2D eigenvalue weighted by atomic mass is 16.4. The average Bonchev–Trinajstić information content (AvgIpc) is 2.43. The fourth-order valence-electron chi connectivity index (χ4n) is 2.56. The molecule has 1 aliphatic rings. The largest absolute Gasteiger partial charge is 0.480 e. The Kier molecular flexibility index (Phi) is 6.12. The molecule has 0 heterocycles. The zero-order chi connectivity index (χ0) is 14.4. The Hall–Kier alpha value is -1.26. The minimum Gasteiger partial charge on any atom is -0.480 e. The highest BCUT2D eigenvalue weighted by Crippen LogP contribution is 2.26. The van der Waals surface area contributed by atoms with E-state index in [0.29, 0.717) is 0 Å². The molecule has 0 aliphatic heterocycles. The van der Waals surface area contributed by atoms with Gasteiger partial charge in [0.15, 0.2) is 0 Å². The molecule has 1 saturated carbocycles. The molecule has 1 aliphatic carbocycles. The highest BCUT2D eigenvalue weighted by molar-refractivity contribution is 5.82.